The van der Waals surface area contributed by atoms with Crippen LogP contribution < -0.4 is 5.56 Å². The topological polar surface area (TPSA) is 81.0 Å². The van der Waals surface area contributed by atoms with E-state index in [4.69, 9.17) is 0 Å². The molecule has 3 rings (SSSR count). The molecule has 7 nitrogen and oxygen atoms in total. The molecule has 1 aliphatic rings. The van der Waals surface area contributed by atoms with E-state index < -0.39 is 17.4 Å². The lowest BCUT2D eigenvalue weighted by atomic mass is 9.96. The van der Waals surface area contributed by atoms with Crippen LogP contribution >= 0.6 is 0 Å². The Kier molecular flexibility index (Phi) is 5.01. The van der Waals surface area contributed by atoms with Crippen molar-refractivity contribution in [1.82, 2.24) is 24.4 Å². The number of hydrogen-bond donors (Lipinski definition) is 0. The first-order valence-corrected chi connectivity index (χ1v) is 8.03. The molecule has 0 saturated carbocycles. The van der Waals surface area contributed by atoms with Gasteiger partial charge >= 0.3 is 6.18 Å². The molecule has 0 N–H and O–H groups in total. The van der Waals surface area contributed by atoms with Gasteiger partial charge in [0.05, 0.1) is 12.5 Å². The second-order valence-electron chi connectivity index (χ2n) is 6.09. The summed E-state index contributed by atoms with van der Waals surface area (Å²) < 4.78 is 38.9. The highest BCUT2D eigenvalue weighted by Gasteiger charge is 2.33. The van der Waals surface area contributed by atoms with Crippen LogP contribution in [0.15, 0.2) is 35.8 Å². The quantitative estimate of drug-likeness (QED) is 0.823. The first kappa shape index (κ1) is 18.0. The SMILES string of the molecule is O=C(c1cnccn1)N1CCC(Cn2cnc(C(F)(F)F)cc2=O)CC1. The minimum Gasteiger partial charge on any atom is -0.337 e. The summed E-state index contributed by atoms with van der Waals surface area (Å²) in [5.74, 6) is -0.123. The van der Waals surface area contributed by atoms with Crippen molar-refractivity contribution < 1.29 is 18.0 Å². The third-order valence-corrected chi connectivity index (χ3v) is 4.31. The minimum absolute atomic E-state index is 0.0807. The maximum atomic E-state index is 12.6. The number of rotatable bonds is 3. The van der Waals surface area contributed by atoms with Crippen LogP contribution in [-0.2, 0) is 12.7 Å². The monoisotopic (exact) mass is 367 g/mol. The van der Waals surface area contributed by atoms with Crippen LogP contribution in [0.2, 0.25) is 0 Å². The molecule has 0 bridgehead atoms. The van der Waals surface area contributed by atoms with E-state index in [0.717, 1.165) is 6.33 Å². The summed E-state index contributed by atoms with van der Waals surface area (Å²) in [5.41, 5.74) is -1.65. The molecule has 0 radical (unpaired) electrons. The Hall–Kier alpha value is -2.78. The number of alkyl halides is 3. The summed E-state index contributed by atoms with van der Waals surface area (Å²) in [6.45, 7) is 1.25. The molecule has 0 aliphatic carbocycles. The molecule has 3 heterocycles. The van der Waals surface area contributed by atoms with Crippen molar-refractivity contribution in [3.05, 3.63) is 52.7 Å². The van der Waals surface area contributed by atoms with Crippen LogP contribution in [0, 0.1) is 5.92 Å². The van der Waals surface area contributed by atoms with Gasteiger partial charge in [-0.2, -0.15) is 13.2 Å². The van der Waals surface area contributed by atoms with Gasteiger partial charge in [0.15, 0.2) is 5.69 Å². The second-order valence-corrected chi connectivity index (χ2v) is 6.09. The summed E-state index contributed by atoms with van der Waals surface area (Å²) in [6, 6.07) is 0.507. The molecular weight excluding hydrogens is 351 g/mol. The average molecular weight is 367 g/mol. The zero-order chi connectivity index (χ0) is 18.7. The fourth-order valence-electron chi connectivity index (χ4n) is 2.89. The van der Waals surface area contributed by atoms with Gasteiger partial charge in [-0.1, -0.05) is 0 Å². The fraction of sp³-hybridized carbons (Fsp3) is 0.438. The Morgan fingerprint density at radius 2 is 1.92 bits per heavy atom. The van der Waals surface area contributed by atoms with Crippen LogP contribution in [0.4, 0.5) is 13.2 Å². The van der Waals surface area contributed by atoms with Crippen molar-refractivity contribution in [2.75, 3.05) is 13.1 Å². The molecule has 2 aromatic heterocycles. The van der Waals surface area contributed by atoms with Gasteiger partial charge in [0.25, 0.3) is 11.5 Å². The number of nitrogens with zero attached hydrogens (tertiary/aromatic N) is 5. The van der Waals surface area contributed by atoms with Gasteiger partial charge in [-0.25, -0.2) is 9.97 Å². The molecule has 1 saturated heterocycles. The molecular formula is C16H16F3N5O2. The maximum Gasteiger partial charge on any atom is 0.433 e. The van der Waals surface area contributed by atoms with E-state index in [9.17, 15) is 22.8 Å². The largest absolute Gasteiger partial charge is 0.433 e. The predicted octanol–water partition coefficient (Wildman–Crippen LogP) is 1.60. The van der Waals surface area contributed by atoms with Gasteiger partial charge in [-0.15, -0.1) is 0 Å². The second kappa shape index (κ2) is 7.22. The van der Waals surface area contributed by atoms with Gasteiger partial charge in [0.2, 0.25) is 0 Å². The highest BCUT2D eigenvalue weighted by atomic mass is 19.4. The van der Waals surface area contributed by atoms with E-state index in [1.165, 1.54) is 23.2 Å². The number of carbonyl (C=O) groups is 1. The summed E-state index contributed by atoms with van der Waals surface area (Å²) >= 11 is 0. The third kappa shape index (κ3) is 4.06. The van der Waals surface area contributed by atoms with Gasteiger partial charge in [0.1, 0.15) is 5.69 Å². The molecule has 0 atom stereocenters. The first-order chi connectivity index (χ1) is 12.3. The van der Waals surface area contributed by atoms with Gasteiger partial charge in [-0.3, -0.25) is 19.1 Å². The minimum atomic E-state index is -4.63. The number of aromatic nitrogens is 4. The Bertz CT molecular complexity index is 830. The molecule has 1 fully saturated rings. The lowest BCUT2D eigenvalue weighted by Crippen LogP contribution is -2.40. The average Bonchev–Trinajstić information content (AvgIpc) is 2.63. The summed E-state index contributed by atoms with van der Waals surface area (Å²) in [4.78, 5) is 37.0. The molecule has 1 aliphatic heterocycles. The number of carbonyl (C=O) groups excluding carboxylic acids is 1. The standard InChI is InChI=1S/C16H16F3N5O2/c17-16(18,19)13-7-14(25)24(10-22-13)9-11-1-5-23(6-2-11)15(26)12-8-20-3-4-21-12/h3-4,7-8,10-11H,1-2,5-6,9H2. The van der Waals surface area contributed by atoms with E-state index in [1.54, 1.807) is 4.90 Å². The summed E-state index contributed by atoms with van der Waals surface area (Å²) in [7, 11) is 0. The highest BCUT2D eigenvalue weighted by molar-refractivity contribution is 5.91. The van der Waals surface area contributed by atoms with E-state index in [1.807, 2.05) is 0 Å². The Balaban J connectivity index is 1.59. The molecule has 1 amide bonds. The van der Waals surface area contributed by atoms with Crippen molar-refractivity contribution in [2.24, 2.45) is 5.92 Å². The predicted molar refractivity (Wildman–Crippen MR) is 84.2 cm³/mol. The van der Waals surface area contributed by atoms with Crippen LogP contribution in [0.1, 0.15) is 29.0 Å². The van der Waals surface area contributed by atoms with Crippen LogP contribution in [0.5, 0.6) is 0 Å². The van der Waals surface area contributed by atoms with E-state index in [0.29, 0.717) is 32.0 Å². The lowest BCUT2D eigenvalue weighted by Gasteiger charge is -2.31. The van der Waals surface area contributed by atoms with Crippen LogP contribution in [0.3, 0.4) is 0 Å². The third-order valence-electron chi connectivity index (χ3n) is 4.31. The van der Waals surface area contributed by atoms with Crippen LogP contribution in [0.25, 0.3) is 0 Å². The normalized spacial score (nSPS) is 15.9. The molecule has 0 spiro atoms. The van der Waals surface area contributed by atoms with Crippen molar-refractivity contribution in [1.29, 1.82) is 0 Å². The van der Waals surface area contributed by atoms with Crippen LogP contribution in [-0.4, -0.2) is 43.4 Å². The Morgan fingerprint density at radius 3 is 2.50 bits per heavy atom. The van der Waals surface area contributed by atoms with Gasteiger partial charge < -0.3 is 4.90 Å². The zero-order valence-corrected chi connectivity index (χ0v) is 13.7. The van der Waals surface area contributed by atoms with Crippen molar-refractivity contribution in [3.63, 3.8) is 0 Å². The van der Waals surface area contributed by atoms with E-state index in [2.05, 4.69) is 15.0 Å². The molecule has 138 valence electrons. The lowest BCUT2D eigenvalue weighted by molar-refractivity contribution is -0.141. The number of halogens is 3. The summed E-state index contributed by atoms with van der Waals surface area (Å²) in [6.07, 6.45) is 1.91. The maximum absolute atomic E-state index is 12.6. The summed E-state index contributed by atoms with van der Waals surface area (Å²) in [5, 5.41) is 0. The van der Waals surface area contributed by atoms with Gasteiger partial charge in [-0.05, 0) is 18.8 Å². The van der Waals surface area contributed by atoms with Crippen molar-refractivity contribution >= 4 is 5.91 Å². The fourth-order valence-corrected chi connectivity index (χ4v) is 2.89. The molecule has 26 heavy (non-hydrogen) atoms. The number of likely N-dealkylation sites (tertiary alicyclic amines) is 1. The Labute approximate surface area is 146 Å². The van der Waals surface area contributed by atoms with Gasteiger partial charge in [0, 0.05) is 38.1 Å². The molecule has 2 aromatic rings. The van der Waals surface area contributed by atoms with E-state index in [-0.39, 0.29) is 24.1 Å². The first-order valence-electron chi connectivity index (χ1n) is 8.03. The number of hydrogen-bond acceptors (Lipinski definition) is 5. The van der Waals surface area contributed by atoms with Crippen molar-refractivity contribution in [2.45, 2.75) is 25.6 Å². The highest BCUT2D eigenvalue weighted by Crippen LogP contribution is 2.26. The molecule has 10 heteroatoms. The van der Waals surface area contributed by atoms with E-state index >= 15 is 0 Å². The molecule has 0 aromatic carbocycles. The zero-order valence-electron chi connectivity index (χ0n) is 13.7. The number of piperidine rings is 1. The smallest absolute Gasteiger partial charge is 0.337 e. The number of amides is 1. The Morgan fingerprint density at radius 1 is 1.19 bits per heavy atom. The molecule has 0 unspecified atom stereocenters. The van der Waals surface area contributed by atoms with Crippen molar-refractivity contribution in [3.8, 4) is 0 Å².